The van der Waals surface area contributed by atoms with Gasteiger partial charge in [-0.15, -0.1) is 0 Å². The van der Waals surface area contributed by atoms with Crippen LogP contribution in [-0.4, -0.2) is 36.4 Å². The van der Waals surface area contributed by atoms with Gasteiger partial charge in [0.25, 0.3) is 11.8 Å². The Hall–Kier alpha value is -2.82. The summed E-state index contributed by atoms with van der Waals surface area (Å²) in [6, 6.07) is 12.7. The molecule has 172 valence electrons. The highest BCUT2D eigenvalue weighted by Gasteiger charge is 2.21. The average Bonchev–Trinajstić information content (AvgIpc) is 2.79. The van der Waals surface area contributed by atoms with E-state index in [4.69, 9.17) is 4.74 Å². The lowest BCUT2D eigenvalue weighted by molar-refractivity contribution is 0.0759. The lowest BCUT2D eigenvalue weighted by Crippen LogP contribution is -2.33. The summed E-state index contributed by atoms with van der Waals surface area (Å²) in [6.07, 6.45) is 7.11. The van der Waals surface area contributed by atoms with Gasteiger partial charge in [0.2, 0.25) is 0 Å². The first-order valence-electron chi connectivity index (χ1n) is 11.8. The Morgan fingerprint density at radius 2 is 1.75 bits per heavy atom. The first-order chi connectivity index (χ1) is 15.4. The third kappa shape index (κ3) is 6.35. The van der Waals surface area contributed by atoms with E-state index in [1.165, 1.54) is 32.1 Å². The number of aryl methyl sites for hydroxylation is 1. The SMILES string of the molecule is CCc1cc(NC(=O)c2ccc(OC(C)C)cc2)ccc1C(=O)N(C)CC1CCCCC1. The molecule has 1 saturated carbocycles. The van der Waals surface area contributed by atoms with Gasteiger partial charge >= 0.3 is 0 Å². The standard InChI is InChI=1S/C27H36N2O3/c1-5-21-17-23(28-26(30)22-11-14-24(15-12-22)32-19(2)3)13-16-25(21)27(31)29(4)18-20-9-7-6-8-10-20/h11-17,19-20H,5-10,18H2,1-4H3,(H,28,30). The monoisotopic (exact) mass is 436 g/mol. The molecule has 2 aromatic carbocycles. The maximum absolute atomic E-state index is 13.1. The summed E-state index contributed by atoms with van der Waals surface area (Å²) < 4.78 is 5.63. The summed E-state index contributed by atoms with van der Waals surface area (Å²) in [5.41, 5.74) is 2.93. The van der Waals surface area contributed by atoms with E-state index in [2.05, 4.69) is 5.32 Å². The third-order valence-corrected chi connectivity index (χ3v) is 6.07. The molecule has 1 fully saturated rings. The predicted molar refractivity (Wildman–Crippen MR) is 130 cm³/mol. The lowest BCUT2D eigenvalue weighted by atomic mass is 9.89. The summed E-state index contributed by atoms with van der Waals surface area (Å²) in [7, 11) is 1.90. The number of nitrogens with one attached hydrogen (secondary N) is 1. The van der Waals surface area contributed by atoms with Crippen molar-refractivity contribution in [1.82, 2.24) is 4.90 Å². The van der Waals surface area contributed by atoms with E-state index in [0.29, 0.717) is 17.2 Å². The number of amides is 2. The van der Waals surface area contributed by atoms with Gasteiger partial charge in [-0.1, -0.05) is 26.2 Å². The largest absolute Gasteiger partial charge is 0.491 e. The average molecular weight is 437 g/mol. The Balaban J connectivity index is 1.66. The minimum Gasteiger partial charge on any atom is -0.491 e. The molecule has 0 spiro atoms. The molecule has 2 aromatic rings. The van der Waals surface area contributed by atoms with Gasteiger partial charge < -0.3 is 15.0 Å². The van der Waals surface area contributed by atoms with Gasteiger partial charge in [0.15, 0.2) is 0 Å². The van der Waals surface area contributed by atoms with E-state index >= 15 is 0 Å². The van der Waals surface area contributed by atoms with Gasteiger partial charge in [-0.2, -0.15) is 0 Å². The molecule has 0 saturated heterocycles. The minimum absolute atomic E-state index is 0.0611. The lowest BCUT2D eigenvalue weighted by Gasteiger charge is -2.27. The molecule has 0 aromatic heterocycles. The Kier molecular flexibility index (Phi) is 8.32. The summed E-state index contributed by atoms with van der Waals surface area (Å²) in [4.78, 5) is 27.6. The zero-order chi connectivity index (χ0) is 23.1. The number of anilines is 1. The van der Waals surface area contributed by atoms with Crippen molar-refractivity contribution in [1.29, 1.82) is 0 Å². The van der Waals surface area contributed by atoms with Crippen LogP contribution >= 0.6 is 0 Å². The van der Waals surface area contributed by atoms with Crippen LogP contribution in [0.25, 0.3) is 0 Å². The molecule has 32 heavy (non-hydrogen) atoms. The Morgan fingerprint density at radius 1 is 1.06 bits per heavy atom. The van der Waals surface area contributed by atoms with Crippen molar-refractivity contribution in [2.45, 2.75) is 65.4 Å². The molecule has 1 aliphatic carbocycles. The first-order valence-corrected chi connectivity index (χ1v) is 11.8. The number of nitrogens with zero attached hydrogens (tertiary/aromatic N) is 1. The van der Waals surface area contributed by atoms with Gasteiger partial charge in [0.05, 0.1) is 6.10 Å². The fourth-order valence-electron chi connectivity index (χ4n) is 4.38. The second kappa shape index (κ2) is 11.2. The van der Waals surface area contributed by atoms with E-state index in [9.17, 15) is 9.59 Å². The highest BCUT2D eigenvalue weighted by Crippen LogP contribution is 2.25. The number of carbonyl (C=O) groups excluding carboxylic acids is 2. The highest BCUT2D eigenvalue weighted by atomic mass is 16.5. The minimum atomic E-state index is -0.184. The van der Waals surface area contributed by atoms with Crippen LogP contribution < -0.4 is 10.1 Å². The van der Waals surface area contributed by atoms with Crippen molar-refractivity contribution >= 4 is 17.5 Å². The van der Waals surface area contributed by atoms with E-state index in [0.717, 1.165) is 29.8 Å². The molecular formula is C27H36N2O3. The van der Waals surface area contributed by atoms with Crippen LogP contribution in [0.5, 0.6) is 5.75 Å². The van der Waals surface area contributed by atoms with E-state index < -0.39 is 0 Å². The van der Waals surface area contributed by atoms with E-state index in [1.807, 2.05) is 50.9 Å². The van der Waals surface area contributed by atoms with E-state index in [1.54, 1.807) is 24.3 Å². The molecular weight excluding hydrogens is 400 g/mol. The Labute approximate surface area is 192 Å². The normalized spacial score (nSPS) is 14.3. The van der Waals surface area contributed by atoms with E-state index in [-0.39, 0.29) is 17.9 Å². The van der Waals surface area contributed by atoms with Crippen molar-refractivity contribution in [3.8, 4) is 5.75 Å². The topological polar surface area (TPSA) is 58.6 Å². The number of ether oxygens (including phenoxy) is 1. The maximum Gasteiger partial charge on any atom is 0.255 e. The van der Waals surface area contributed by atoms with Crippen LogP contribution in [0.3, 0.4) is 0 Å². The maximum atomic E-state index is 13.1. The van der Waals surface area contributed by atoms with Gasteiger partial charge in [-0.25, -0.2) is 0 Å². The Morgan fingerprint density at radius 3 is 2.38 bits per heavy atom. The third-order valence-electron chi connectivity index (χ3n) is 6.07. The van der Waals surface area contributed by atoms with Gasteiger partial charge in [-0.05, 0) is 87.1 Å². The van der Waals surface area contributed by atoms with Crippen LogP contribution in [0.15, 0.2) is 42.5 Å². The fourth-order valence-corrected chi connectivity index (χ4v) is 4.38. The smallest absolute Gasteiger partial charge is 0.255 e. The molecule has 0 unspecified atom stereocenters. The molecule has 3 rings (SSSR count). The summed E-state index contributed by atoms with van der Waals surface area (Å²) in [5.74, 6) is 1.23. The zero-order valence-corrected chi connectivity index (χ0v) is 19.8. The van der Waals surface area contributed by atoms with Crippen molar-refractivity contribution in [3.05, 3.63) is 59.2 Å². The summed E-state index contributed by atoms with van der Waals surface area (Å²) in [6.45, 7) is 6.78. The Bertz CT molecular complexity index is 915. The van der Waals surface area contributed by atoms with Crippen LogP contribution in [0.4, 0.5) is 5.69 Å². The van der Waals surface area contributed by atoms with Gasteiger partial charge in [0.1, 0.15) is 5.75 Å². The van der Waals surface area contributed by atoms with Gasteiger partial charge in [0, 0.05) is 30.4 Å². The molecule has 0 bridgehead atoms. The number of carbonyl (C=O) groups is 2. The van der Waals surface area contributed by atoms with Crippen LogP contribution in [-0.2, 0) is 6.42 Å². The molecule has 0 aliphatic heterocycles. The van der Waals surface area contributed by atoms with Crippen molar-refractivity contribution < 1.29 is 14.3 Å². The second-order valence-corrected chi connectivity index (χ2v) is 9.06. The zero-order valence-electron chi connectivity index (χ0n) is 19.8. The number of hydrogen-bond acceptors (Lipinski definition) is 3. The molecule has 1 aliphatic rings. The molecule has 1 N–H and O–H groups in total. The molecule has 5 nitrogen and oxygen atoms in total. The van der Waals surface area contributed by atoms with Crippen molar-refractivity contribution in [2.75, 3.05) is 18.9 Å². The van der Waals surface area contributed by atoms with Crippen LogP contribution in [0.2, 0.25) is 0 Å². The molecule has 0 heterocycles. The van der Waals surface area contributed by atoms with Crippen molar-refractivity contribution in [2.24, 2.45) is 5.92 Å². The van der Waals surface area contributed by atoms with Crippen LogP contribution in [0.1, 0.15) is 79.2 Å². The summed E-state index contributed by atoms with van der Waals surface area (Å²) in [5, 5.41) is 2.95. The fraction of sp³-hybridized carbons (Fsp3) is 0.481. The first kappa shape index (κ1) is 23.8. The molecule has 2 amide bonds. The second-order valence-electron chi connectivity index (χ2n) is 9.06. The van der Waals surface area contributed by atoms with Crippen LogP contribution in [0, 0.1) is 5.92 Å². The predicted octanol–water partition coefficient (Wildman–Crippen LogP) is 5.94. The highest BCUT2D eigenvalue weighted by molar-refractivity contribution is 6.05. The molecule has 0 radical (unpaired) electrons. The molecule has 0 atom stereocenters. The molecule has 5 heteroatoms. The number of benzene rings is 2. The number of hydrogen-bond donors (Lipinski definition) is 1. The quantitative estimate of drug-likeness (QED) is 0.557. The van der Waals surface area contributed by atoms with Gasteiger partial charge in [-0.3, -0.25) is 9.59 Å². The summed E-state index contributed by atoms with van der Waals surface area (Å²) >= 11 is 0. The number of rotatable bonds is 8. The van der Waals surface area contributed by atoms with Crippen molar-refractivity contribution in [3.63, 3.8) is 0 Å².